The van der Waals surface area contributed by atoms with Crippen LogP contribution in [0.25, 0.3) is 0 Å². The first-order chi connectivity index (χ1) is 8.07. The number of nitrogens with one attached hydrogen (secondary N) is 1. The highest BCUT2D eigenvalue weighted by atomic mass is 79.9. The molecule has 2 heteroatoms. The molecule has 0 bridgehead atoms. The van der Waals surface area contributed by atoms with E-state index in [-0.39, 0.29) is 0 Å². The first kappa shape index (κ1) is 13.1. The van der Waals surface area contributed by atoms with Crippen molar-refractivity contribution in [2.45, 2.75) is 32.1 Å². The third kappa shape index (κ3) is 2.58. The van der Waals surface area contributed by atoms with E-state index in [1.807, 2.05) is 0 Å². The summed E-state index contributed by atoms with van der Waals surface area (Å²) >= 11 is 3.51. The molecule has 1 nitrogen and oxygen atoms in total. The van der Waals surface area contributed by atoms with E-state index in [4.69, 9.17) is 0 Å². The molecule has 0 atom stereocenters. The molecular formula is C15H22BrN. The molecule has 0 spiro atoms. The highest BCUT2D eigenvalue weighted by Gasteiger charge is 2.45. The van der Waals surface area contributed by atoms with E-state index in [0.717, 1.165) is 18.4 Å². The second-order valence-electron chi connectivity index (χ2n) is 5.73. The van der Waals surface area contributed by atoms with Gasteiger partial charge in [-0.05, 0) is 49.4 Å². The molecule has 0 aromatic heterocycles. The fourth-order valence-electron chi connectivity index (χ4n) is 3.04. The lowest BCUT2D eigenvalue weighted by Crippen LogP contribution is -2.49. The van der Waals surface area contributed by atoms with E-state index in [1.165, 1.54) is 22.9 Å². The van der Waals surface area contributed by atoms with E-state index in [9.17, 15) is 0 Å². The van der Waals surface area contributed by atoms with Crippen LogP contribution in [-0.2, 0) is 5.41 Å². The van der Waals surface area contributed by atoms with Crippen LogP contribution in [-0.4, -0.2) is 13.6 Å². The second kappa shape index (κ2) is 5.11. The van der Waals surface area contributed by atoms with Gasteiger partial charge >= 0.3 is 0 Å². The van der Waals surface area contributed by atoms with Crippen LogP contribution < -0.4 is 5.32 Å². The largest absolute Gasteiger partial charge is 0.319 e. The summed E-state index contributed by atoms with van der Waals surface area (Å²) in [5.41, 5.74) is 1.87. The van der Waals surface area contributed by atoms with Gasteiger partial charge in [0.1, 0.15) is 0 Å². The molecule has 1 aliphatic rings. The van der Waals surface area contributed by atoms with Crippen LogP contribution in [0.4, 0.5) is 0 Å². The monoisotopic (exact) mass is 295 g/mol. The minimum absolute atomic E-state index is 0.379. The van der Waals surface area contributed by atoms with Crippen LogP contribution in [0, 0.1) is 11.8 Å². The van der Waals surface area contributed by atoms with Crippen molar-refractivity contribution >= 4 is 15.9 Å². The van der Waals surface area contributed by atoms with Gasteiger partial charge in [0.15, 0.2) is 0 Å². The van der Waals surface area contributed by atoms with Crippen molar-refractivity contribution in [3.63, 3.8) is 0 Å². The third-order valence-electron chi connectivity index (χ3n) is 4.22. The summed E-state index contributed by atoms with van der Waals surface area (Å²) in [4.78, 5) is 0. The number of halogens is 1. The third-order valence-corrected chi connectivity index (χ3v) is 4.75. The van der Waals surface area contributed by atoms with Crippen molar-refractivity contribution in [2.75, 3.05) is 13.6 Å². The number of rotatable bonds is 4. The van der Waals surface area contributed by atoms with Crippen molar-refractivity contribution in [3.05, 3.63) is 34.3 Å². The Morgan fingerprint density at radius 1 is 1.29 bits per heavy atom. The fourth-order valence-corrected chi connectivity index (χ4v) is 3.30. The maximum atomic E-state index is 3.51. The van der Waals surface area contributed by atoms with E-state index < -0.39 is 0 Å². The summed E-state index contributed by atoms with van der Waals surface area (Å²) in [6.07, 6.45) is 2.65. The van der Waals surface area contributed by atoms with Crippen LogP contribution in [0.3, 0.4) is 0 Å². The molecule has 17 heavy (non-hydrogen) atoms. The molecule has 0 heterocycles. The Bertz CT molecular complexity index is 363. The van der Waals surface area contributed by atoms with E-state index in [2.05, 4.69) is 66.4 Å². The van der Waals surface area contributed by atoms with Crippen molar-refractivity contribution in [1.82, 2.24) is 5.32 Å². The van der Waals surface area contributed by atoms with Gasteiger partial charge in [0, 0.05) is 16.4 Å². The molecule has 1 saturated carbocycles. The highest BCUT2D eigenvalue weighted by molar-refractivity contribution is 9.10. The SMILES string of the molecule is CNCC1(c2ccc(Br)cc2)CC(C(C)C)C1. The summed E-state index contributed by atoms with van der Waals surface area (Å²) in [5, 5.41) is 3.37. The average molecular weight is 296 g/mol. The average Bonchev–Trinajstić information content (AvgIpc) is 2.23. The van der Waals surface area contributed by atoms with Gasteiger partial charge in [0.25, 0.3) is 0 Å². The van der Waals surface area contributed by atoms with Gasteiger partial charge in [-0.3, -0.25) is 0 Å². The van der Waals surface area contributed by atoms with E-state index in [0.29, 0.717) is 5.41 Å². The Kier molecular flexibility index (Phi) is 3.94. The minimum atomic E-state index is 0.379. The molecule has 1 fully saturated rings. The first-order valence-electron chi connectivity index (χ1n) is 6.48. The minimum Gasteiger partial charge on any atom is -0.319 e. The molecule has 94 valence electrons. The Labute approximate surface area is 113 Å². The van der Waals surface area contributed by atoms with Gasteiger partial charge in [0.05, 0.1) is 0 Å². The summed E-state index contributed by atoms with van der Waals surface area (Å²) in [7, 11) is 2.06. The van der Waals surface area contributed by atoms with Crippen LogP contribution in [0.1, 0.15) is 32.3 Å². The zero-order valence-electron chi connectivity index (χ0n) is 11.0. The molecule has 0 radical (unpaired) electrons. The predicted octanol–water partition coefficient (Wildman–Crippen LogP) is 3.97. The van der Waals surface area contributed by atoms with Crippen molar-refractivity contribution < 1.29 is 0 Å². The summed E-state index contributed by atoms with van der Waals surface area (Å²) in [6, 6.07) is 8.88. The first-order valence-corrected chi connectivity index (χ1v) is 7.27. The predicted molar refractivity (Wildman–Crippen MR) is 77.3 cm³/mol. The van der Waals surface area contributed by atoms with Gasteiger partial charge in [-0.1, -0.05) is 41.9 Å². The summed E-state index contributed by atoms with van der Waals surface area (Å²) in [6.45, 7) is 5.78. The summed E-state index contributed by atoms with van der Waals surface area (Å²) in [5.74, 6) is 1.71. The van der Waals surface area contributed by atoms with Gasteiger partial charge < -0.3 is 5.32 Å². The normalized spacial score (nSPS) is 28.2. The lowest BCUT2D eigenvalue weighted by atomic mass is 9.56. The Balaban J connectivity index is 2.16. The Morgan fingerprint density at radius 3 is 2.35 bits per heavy atom. The quantitative estimate of drug-likeness (QED) is 0.886. The maximum Gasteiger partial charge on any atom is 0.0175 e. The maximum absolute atomic E-state index is 3.51. The molecular weight excluding hydrogens is 274 g/mol. The van der Waals surface area contributed by atoms with E-state index >= 15 is 0 Å². The molecule has 1 aromatic rings. The van der Waals surface area contributed by atoms with Crippen LogP contribution in [0.2, 0.25) is 0 Å². The Hall–Kier alpha value is -0.340. The molecule has 1 N–H and O–H groups in total. The highest BCUT2D eigenvalue weighted by Crippen LogP contribution is 2.50. The number of benzene rings is 1. The van der Waals surface area contributed by atoms with Gasteiger partial charge in [-0.25, -0.2) is 0 Å². The fraction of sp³-hybridized carbons (Fsp3) is 0.600. The Morgan fingerprint density at radius 2 is 1.88 bits per heavy atom. The zero-order valence-corrected chi connectivity index (χ0v) is 12.5. The standard InChI is InChI=1S/C15H22BrN/c1-11(2)12-8-15(9-12,10-17-3)13-4-6-14(16)7-5-13/h4-7,11-12,17H,8-10H2,1-3H3. The number of likely N-dealkylation sites (N-methyl/N-ethyl adjacent to an activating group) is 1. The number of hydrogen-bond donors (Lipinski definition) is 1. The van der Waals surface area contributed by atoms with Crippen LogP contribution in [0.15, 0.2) is 28.7 Å². The van der Waals surface area contributed by atoms with Crippen LogP contribution >= 0.6 is 15.9 Å². The zero-order chi connectivity index (χ0) is 12.5. The summed E-state index contributed by atoms with van der Waals surface area (Å²) < 4.78 is 1.17. The van der Waals surface area contributed by atoms with Gasteiger partial charge in [-0.2, -0.15) is 0 Å². The van der Waals surface area contributed by atoms with Crippen LogP contribution in [0.5, 0.6) is 0 Å². The smallest absolute Gasteiger partial charge is 0.0175 e. The molecule has 1 aromatic carbocycles. The lowest BCUT2D eigenvalue weighted by Gasteiger charge is -2.50. The molecule has 0 amide bonds. The van der Waals surface area contributed by atoms with Crippen molar-refractivity contribution in [2.24, 2.45) is 11.8 Å². The van der Waals surface area contributed by atoms with Gasteiger partial charge in [0.2, 0.25) is 0 Å². The van der Waals surface area contributed by atoms with E-state index in [1.54, 1.807) is 0 Å². The molecule has 2 rings (SSSR count). The molecule has 0 saturated heterocycles. The lowest BCUT2D eigenvalue weighted by molar-refractivity contribution is 0.0996. The topological polar surface area (TPSA) is 12.0 Å². The molecule has 0 unspecified atom stereocenters. The van der Waals surface area contributed by atoms with Crippen molar-refractivity contribution in [1.29, 1.82) is 0 Å². The van der Waals surface area contributed by atoms with Crippen molar-refractivity contribution in [3.8, 4) is 0 Å². The van der Waals surface area contributed by atoms with Gasteiger partial charge in [-0.15, -0.1) is 0 Å². The molecule has 0 aliphatic heterocycles. The second-order valence-corrected chi connectivity index (χ2v) is 6.65. The number of hydrogen-bond acceptors (Lipinski definition) is 1. The molecule has 1 aliphatic carbocycles.